The molecule has 0 radical (unpaired) electrons. The fourth-order valence-corrected chi connectivity index (χ4v) is 3.29. The highest BCUT2D eigenvalue weighted by atomic mass is 19.1. The molecule has 1 unspecified atom stereocenters. The summed E-state index contributed by atoms with van der Waals surface area (Å²) in [5.74, 6) is -0.189. The lowest BCUT2D eigenvalue weighted by Gasteiger charge is -2.37. The van der Waals surface area contributed by atoms with Crippen molar-refractivity contribution in [1.82, 2.24) is 15.1 Å². The molecule has 0 bridgehead atoms. The van der Waals surface area contributed by atoms with Gasteiger partial charge in [0.1, 0.15) is 5.82 Å². The average Bonchev–Trinajstić information content (AvgIpc) is 2.62. The standard InChI is InChI=1S/C20H24FN3O/c1-23(14-16-6-3-2-4-7-16)15-20(25)24-11-10-22-13-19(24)17-8-5-9-18(21)12-17/h2-9,12,19,22H,10-11,13-15H2,1H3. The molecule has 1 aliphatic heterocycles. The summed E-state index contributed by atoms with van der Waals surface area (Å²) in [5.41, 5.74) is 2.02. The van der Waals surface area contributed by atoms with Crippen molar-refractivity contribution in [2.24, 2.45) is 0 Å². The molecule has 0 aliphatic carbocycles. The Morgan fingerprint density at radius 3 is 2.80 bits per heavy atom. The number of carbonyl (C=O) groups is 1. The van der Waals surface area contributed by atoms with Crippen molar-refractivity contribution < 1.29 is 9.18 Å². The van der Waals surface area contributed by atoms with Gasteiger partial charge < -0.3 is 10.2 Å². The maximum Gasteiger partial charge on any atom is 0.237 e. The molecule has 0 spiro atoms. The van der Waals surface area contributed by atoms with Gasteiger partial charge in [0.25, 0.3) is 0 Å². The molecular formula is C20H24FN3O. The van der Waals surface area contributed by atoms with Crippen LogP contribution in [0.25, 0.3) is 0 Å². The Labute approximate surface area is 148 Å². The fraction of sp³-hybridized carbons (Fsp3) is 0.350. The van der Waals surface area contributed by atoms with Gasteiger partial charge in [-0.25, -0.2) is 4.39 Å². The summed E-state index contributed by atoms with van der Waals surface area (Å²) in [7, 11) is 1.95. The third-order valence-electron chi connectivity index (χ3n) is 4.50. The second-order valence-corrected chi connectivity index (χ2v) is 6.52. The van der Waals surface area contributed by atoms with E-state index in [1.807, 2.05) is 41.1 Å². The Hall–Kier alpha value is -2.24. The molecule has 0 saturated carbocycles. The van der Waals surface area contributed by atoms with E-state index in [2.05, 4.69) is 17.4 Å². The molecular weight excluding hydrogens is 317 g/mol. The highest BCUT2D eigenvalue weighted by Gasteiger charge is 2.28. The predicted octanol–water partition coefficient (Wildman–Crippen LogP) is 2.43. The maximum atomic E-state index is 13.6. The van der Waals surface area contributed by atoms with Crippen molar-refractivity contribution in [2.75, 3.05) is 33.2 Å². The molecule has 0 aromatic heterocycles. The number of rotatable bonds is 5. The van der Waals surface area contributed by atoms with Crippen LogP contribution >= 0.6 is 0 Å². The predicted molar refractivity (Wildman–Crippen MR) is 96.5 cm³/mol. The van der Waals surface area contributed by atoms with E-state index in [0.717, 1.165) is 18.7 Å². The van der Waals surface area contributed by atoms with Crippen molar-refractivity contribution in [3.63, 3.8) is 0 Å². The average molecular weight is 341 g/mol. The van der Waals surface area contributed by atoms with Crippen molar-refractivity contribution in [3.8, 4) is 0 Å². The third kappa shape index (κ3) is 4.65. The summed E-state index contributed by atoms with van der Waals surface area (Å²) in [6.07, 6.45) is 0. The Kier molecular flexibility index (Phi) is 5.79. The zero-order valence-electron chi connectivity index (χ0n) is 14.5. The van der Waals surface area contributed by atoms with E-state index < -0.39 is 0 Å². The minimum Gasteiger partial charge on any atom is -0.332 e. The Bertz CT molecular complexity index is 707. The first kappa shape index (κ1) is 17.6. The largest absolute Gasteiger partial charge is 0.332 e. The van der Waals surface area contributed by atoms with E-state index >= 15 is 0 Å². The van der Waals surface area contributed by atoms with E-state index in [0.29, 0.717) is 19.6 Å². The van der Waals surface area contributed by atoms with Gasteiger partial charge in [0.2, 0.25) is 5.91 Å². The van der Waals surface area contributed by atoms with Gasteiger partial charge in [0.05, 0.1) is 12.6 Å². The van der Waals surface area contributed by atoms with Gasteiger partial charge in [0.15, 0.2) is 0 Å². The van der Waals surface area contributed by atoms with Gasteiger partial charge in [-0.3, -0.25) is 9.69 Å². The second-order valence-electron chi connectivity index (χ2n) is 6.52. The van der Waals surface area contributed by atoms with E-state index in [9.17, 15) is 9.18 Å². The molecule has 1 heterocycles. The van der Waals surface area contributed by atoms with Crippen LogP contribution in [0.15, 0.2) is 54.6 Å². The monoisotopic (exact) mass is 341 g/mol. The smallest absolute Gasteiger partial charge is 0.237 e. The number of likely N-dealkylation sites (N-methyl/N-ethyl adjacent to an activating group) is 1. The van der Waals surface area contributed by atoms with E-state index in [1.165, 1.54) is 17.7 Å². The summed E-state index contributed by atoms with van der Waals surface area (Å²) in [6, 6.07) is 16.5. The molecule has 1 fully saturated rings. The van der Waals surface area contributed by atoms with Gasteiger partial charge in [-0.05, 0) is 30.3 Å². The fourth-order valence-electron chi connectivity index (χ4n) is 3.29. The molecule has 25 heavy (non-hydrogen) atoms. The normalized spacial score (nSPS) is 17.7. The maximum absolute atomic E-state index is 13.6. The number of amides is 1. The van der Waals surface area contributed by atoms with Gasteiger partial charge in [-0.1, -0.05) is 42.5 Å². The molecule has 2 aromatic carbocycles. The van der Waals surface area contributed by atoms with Gasteiger partial charge in [-0.15, -0.1) is 0 Å². The van der Waals surface area contributed by atoms with Crippen molar-refractivity contribution in [3.05, 3.63) is 71.5 Å². The minimum atomic E-state index is -0.267. The summed E-state index contributed by atoms with van der Waals surface area (Å²) < 4.78 is 13.6. The van der Waals surface area contributed by atoms with Crippen LogP contribution in [0.1, 0.15) is 17.2 Å². The quantitative estimate of drug-likeness (QED) is 0.907. The van der Waals surface area contributed by atoms with Gasteiger partial charge >= 0.3 is 0 Å². The van der Waals surface area contributed by atoms with Crippen LogP contribution in [0.3, 0.4) is 0 Å². The van der Waals surface area contributed by atoms with Crippen LogP contribution in [-0.4, -0.2) is 48.9 Å². The van der Waals surface area contributed by atoms with Crippen LogP contribution in [0.5, 0.6) is 0 Å². The van der Waals surface area contributed by atoms with Crippen molar-refractivity contribution >= 4 is 5.91 Å². The first-order chi connectivity index (χ1) is 12.1. The SMILES string of the molecule is CN(CC(=O)N1CCNCC1c1cccc(F)c1)Cc1ccccc1. The number of benzene rings is 2. The Morgan fingerprint density at radius 2 is 2.04 bits per heavy atom. The zero-order valence-corrected chi connectivity index (χ0v) is 14.5. The van der Waals surface area contributed by atoms with Crippen LogP contribution in [-0.2, 0) is 11.3 Å². The highest BCUT2D eigenvalue weighted by molar-refractivity contribution is 5.79. The molecule has 3 rings (SSSR count). The van der Waals surface area contributed by atoms with Gasteiger partial charge in [0, 0.05) is 26.2 Å². The summed E-state index contributed by atoms with van der Waals surface area (Å²) in [6.45, 7) is 3.13. The van der Waals surface area contributed by atoms with Crippen LogP contribution < -0.4 is 5.32 Å². The first-order valence-corrected chi connectivity index (χ1v) is 8.61. The number of hydrogen-bond acceptors (Lipinski definition) is 3. The number of carbonyl (C=O) groups excluding carboxylic acids is 1. The van der Waals surface area contributed by atoms with Crippen LogP contribution in [0.2, 0.25) is 0 Å². The summed E-state index contributed by atoms with van der Waals surface area (Å²) in [5, 5.41) is 3.30. The molecule has 2 aromatic rings. The topological polar surface area (TPSA) is 35.6 Å². The Morgan fingerprint density at radius 1 is 1.24 bits per heavy atom. The highest BCUT2D eigenvalue weighted by Crippen LogP contribution is 2.23. The number of nitrogens with zero attached hydrogens (tertiary/aromatic N) is 2. The third-order valence-corrected chi connectivity index (χ3v) is 4.50. The lowest BCUT2D eigenvalue weighted by atomic mass is 10.0. The molecule has 132 valence electrons. The number of hydrogen-bond donors (Lipinski definition) is 1. The molecule has 1 saturated heterocycles. The van der Waals surface area contributed by atoms with Crippen LogP contribution in [0.4, 0.5) is 4.39 Å². The summed E-state index contributed by atoms with van der Waals surface area (Å²) in [4.78, 5) is 16.7. The molecule has 1 atom stereocenters. The molecule has 1 aliphatic rings. The van der Waals surface area contributed by atoms with E-state index in [4.69, 9.17) is 0 Å². The first-order valence-electron chi connectivity index (χ1n) is 8.61. The van der Waals surface area contributed by atoms with Crippen molar-refractivity contribution in [2.45, 2.75) is 12.6 Å². The van der Waals surface area contributed by atoms with E-state index in [-0.39, 0.29) is 17.8 Å². The van der Waals surface area contributed by atoms with Gasteiger partial charge in [-0.2, -0.15) is 0 Å². The number of halogens is 1. The minimum absolute atomic E-state index is 0.0780. The second kappa shape index (κ2) is 8.23. The molecule has 1 amide bonds. The lowest BCUT2D eigenvalue weighted by molar-refractivity contribution is -0.135. The Balaban J connectivity index is 1.66. The molecule has 1 N–H and O–H groups in total. The van der Waals surface area contributed by atoms with Crippen molar-refractivity contribution in [1.29, 1.82) is 0 Å². The lowest BCUT2D eigenvalue weighted by Crippen LogP contribution is -2.51. The zero-order chi connectivity index (χ0) is 17.6. The van der Waals surface area contributed by atoms with E-state index in [1.54, 1.807) is 6.07 Å². The number of nitrogens with one attached hydrogen (secondary N) is 1. The molecule has 4 nitrogen and oxygen atoms in total. The number of piperazine rings is 1. The van der Waals surface area contributed by atoms with Crippen LogP contribution in [0, 0.1) is 5.82 Å². The molecule has 5 heteroatoms. The summed E-state index contributed by atoms with van der Waals surface area (Å²) >= 11 is 0.